The molecule has 2 aromatic rings. The Bertz CT molecular complexity index is 775. The van der Waals surface area contributed by atoms with Crippen LogP contribution in [-0.4, -0.2) is 15.5 Å². The Labute approximate surface area is 120 Å². The van der Waals surface area contributed by atoms with Crippen LogP contribution < -0.4 is 15.2 Å². The molecule has 6 nitrogen and oxygen atoms in total. The molecule has 0 aliphatic carbocycles. The second-order valence-electron chi connectivity index (χ2n) is 3.79. The number of hydrogen-bond acceptors (Lipinski definition) is 6. The van der Waals surface area contributed by atoms with Gasteiger partial charge in [0.05, 0.1) is 18.5 Å². The fourth-order valence-corrected chi connectivity index (χ4v) is 3.66. The lowest BCUT2D eigenvalue weighted by molar-refractivity contribution is 0.417. The van der Waals surface area contributed by atoms with Gasteiger partial charge in [0, 0.05) is 6.07 Å². The number of thiophene rings is 1. The van der Waals surface area contributed by atoms with Crippen molar-refractivity contribution in [1.82, 2.24) is 0 Å². The zero-order valence-electron chi connectivity index (χ0n) is 10.5. The summed E-state index contributed by atoms with van der Waals surface area (Å²) in [4.78, 5) is 0.334. The molecule has 0 saturated heterocycles. The van der Waals surface area contributed by atoms with Gasteiger partial charge in [-0.15, -0.1) is 11.3 Å². The minimum atomic E-state index is -3.72. The summed E-state index contributed by atoms with van der Waals surface area (Å²) in [6, 6.07) is 9.32. The molecule has 0 aliphatic rings. The van der Waals surface area contributed by atoms with Gasteiger partial charge in [-0.05, 0) is 24.3 Å². The van der Waals surface area contributed by atoms with Crippen LogP contribution in [0.1, 0.15) is 4.88 Å². The van der Waals surface area contributed by atoms with E-state index < -0.39 is 10.0 Å². The molecule has 0 amide bonds. The average molecular weight is 309 g/mol. The van der Waals surface area contributed by atoms with Gasteiger partial charge in [-0.2, -0.15) is 5.26 Å². The zero-order chi connectivity index (χ0) is 14.8. The molecule has 1 aromatic carbocycles. The van der Waals surface area contributed by atoms with Crippen LogP contribution in [0.3, 0.4) is 0 Å². The number of hydrogen-bond donors (Lipinski definition) is 2. The van der Waals surface area contributed by atoms with Crippen LogP contribution in [0.5, 0.6) is 5.75 Å². The van der Waals surface area contributed by atoms with Gasteiger partial charge in [0.2, 0.25) is 0 Å². The number of nitrogen functional groups attached to an aromatic ring is 1. The van der Waals surface area contributed by atoms with Crippen LogP contribution in [-0.2, 0) is 10.0 Å². The molecular formula is C12H11N3O3S2. The van der Waals surface area contributed by atoms with Crippen molar-refractivity contribution in [2.75, 3.05) is 17.6 Å². The van der Waals surface area contributed by atoms with Crippen LogP contribution in [0.4, 0.5) is 11.4 Å². The maximum Gasteiger partial charge on any atom is 0.271 e. The summed E-state index contributed by atoms with van der Waals surface area (Å²) < 4.78 is 31.8. The van der Waals surface area contributed by atoms with Crippen molar-refractivity contribution >= 4 is 32.7 Å². The first-order chi connectivity index (χ1) is 9.46. The van der Waals surface area contributed by atoms with Crippen molar-refractivity contribution in [2.45, 2.75) is 4.21 Å². The number of methoxy groups -OCH3 is 1. The standard InChI is InChI=1S/C12H11N3O3S2/c1-18-11-6-8(2-4-10(11)14)15-20(16,17)12-5-3-9(7-13)19-12/h2-6,15H,14H2,1H3. The number of nitrogens with one attached hydrogen (secondary N) is 1. The molecule has 0 aliphatic heterocycles. The van der Waals surface area contributed by atoms with E-state index in [1.165, 1.54) is 31.4 Å². The van der Waals surface area contributed by atoms with Crippen molar-refractivity contribution in [1.29, 1.82) is 5.26 Å². The Morgan fingerprint density at radius 3 is 2.70 bits per heavy atom. The summed E-state index contributed by atoms with van der Waals surface area (Å²) in [6.07, 6.45) is 0. The lowest BCUT2D eigenvalue weighted by atomic mass is 10.3. The van der Waals surface area contributed by atoms with Crippen molar-refractivity contribution in [3.8, 4) is 11.8 Å². The predicted octanol–water partition coefficient (Wildman–Crippen LogP) is 2.01. The third kappa shape index (κ3) is 2.84. The largest absolute Gasteiger partial charge is 0.495 e. The van der Waals surface area contributed by atoms with E-state index in [0.717, 1.165) is 11.3 Å². The molecule has 0 atom stereocenters. The number of nitrogens with zero attached hydrogens (tertiary/aromatic N) is 1. The van der Waals surface area contributed by atoms with Crippen molar-refractivity contribution in [2.24, 2.45) is 0 Å². The van der Waals surface area contributed by atoms with E-state index in [1.54, 1.807) is 6.07 Å². The van der Waals surface area contributed by atoms with E-state index in [4.69, 9.17) is 15.7 Å². The zero-order valence-corrected chi connectivity index (χ0v) is 12.1. The number of sulfonamides is 1. The normalized spacial score (nSPS) is 10.8. The van der Waals surface area contributed by atoms with E-state index >= 15 is 0 Å². The molecule has 0 unspecified atom stereocenters. The van der Waals surface area contributed by atoms with E-state index in [9.17, 15) is 8.42 Å². The number of nitriles is 1. The highest BCUT2D eigenvalue weighted by Crippen LogP contribution is 2.28. The summed E-state index contributed by atoms with van der Waals surface area (Å²) in [5.74, 6) is 0.383. The summed E-state index contributed by atoms with van der Waals surface area (Å²) >= 11 is 0.905. The number of rotatable bonds is 4. The Morgan fingerprint density at radius 1 is 1.35 bits per heavy atom. The number of nitrogens with two attached hydrogens (primary N) is 1. The highest BCUT2D eigenvalue weighted by Gasteiger charge is 2.17. The highest BCUT2D eigenvalue weighted by molar-refractivity contribution is 7.94. The number of anilines is 2. The first-order valence-electron chi connectivity index (χ1n) is 5.42. The first kappa shape index (κ1) is 14.2. The number of ether oxygens (including phenoxy) is 1. The maximum absolute atomic E-state index is 12.1. The van der Waals surface area contributed by atoms with Gasteiger partial charge in [0.15, 0.2) is 0 Å². The average Bonchev–Trinajstić information content (AvgIpc) is 2.90. The van der Waals surface area contributed by atoms with E-state index in [0.29, 0.717) is 22.0 Å². The van der Waals surface area contributed by atoms with Crippen molar-refractivity contribution in [3.05, 3.63) is 35.2 Å². The Kier molecular flexibility index (Phi) is 3.83. The quantitative estimate of drug-likeness (QED) is 0.840. The van der Waals surface area contributed by atoms with Gasteiger partial charge in [-0.25, -0.2) is 8.42 Å². The van der Waals surface area contributed by atoms with E-state index in [2.05, 4.69) is 4.72 Å². The molecule has 3 N–H and O–H groups in total. The van der Waals surface area contributed by atoms with Crippen molar-refractivity contribution < 1.29 is 13.2 Å². The summed E-state index contributed by atoms with van der Waals surface area (Å²) in [7, 11) is -2.27. The number of benzene rings is 1. The van der Waals surface area contributed by atoms with Gasteiger partial charge >= 0.3 is 0 Å². The minimum absolute atomic E-state index is 0.0739. The topological polar surface area (TPSA) is 105 Å². The van der Waals surface area contributed by atoms with Crippen LogP contribution >= 0.6 is 11.3 Å². The molecule has 0 spiro atoms. The molecule has 0 saturated carbocycles. The molecular weight excluding hydrogens is 298 g/mol. The van der Waals surface area contributed by atoms with Crippen LogP contribution in [0.25, 0.3) is 0 Å². The minimum Gasteiger partial charge on any atom is -0.495 e. The molecule has 2 rings (SSSR count). The van der Waals surface area contributed by atoms with Gasteiger partial charge in [0.1, 0.15) is 20.9 Å². The second-order valence-corrected chi connectivity index (χ2v) is 6.79. The molecule has 0 fully saturated rings. The fraction of sp³-hybridized carbons (Fsp3) is 0.0833. The van der Waals surface area contributed by atoms with Crippen LogP contribution in [0, 0.1) is 11.3 Å². The lowest BCUT2D eigenvalue weighted by Gasteiger charge is -2.09. The fourth-order valence-electron chi connectivity index (χ4n) is 1.50. The molecule has 1 heterocycles. The van der Waals surface area contributed by atoms with E-state index in [-0.39, 0.29) is 4.21 Å². The molecule has 8 heteroatoms. The lowest BCUT2D eigenvalue weighted by Crippen LogP contribution is -2.11. The van der Waals surface area contributed by atoms with Gasteiger partial charge in [-0.1, -0.05) is 0 Å². The summed E-state index contributed by atoms with van der Waals surface area (Å²) in [5.41, 5.74) is 6.41. The Hall–Kier alpha value is -2.24. The van der Waals surface area contributed by atoms with Crippen LogP contribution in [0.15, 0.2) is 34.5 Å². The monoisotopic (exact) mass is 309 g/mol. The third-order valence-electron chi connectivity index (χ3n) is 2.44. The summed E-state index contributed by atoms with van der Waals surface area (Å²) in [6.45, 7) is 0. The first-order valence-corrected chi connectivity index (χ1v) is 7.72. The van der Waals surface area contributed by atoms with Gasteiger partial charge in [-0.3, -0.25) is 4.72 Å². The Morgan fingerprint density at radius 2 is 2.10 bits per heavy atom. The molecule has 1 aromatic heterocycles. The SMILES string of the molecule is COc1cc(NS(=O)(=O)c2ccc(C#N)s2)ccc1N. The molecule has 104 valence electrons. The Balaban J connectivity index is 2.31. The smallest absolute Gasteiger partial charge is 0.271 e. The molecule has 20 heavy (non-hydrogen) atoms. The van der Waals surface area contributed by atoms with Gasteiger partial charge < -0.3 is 10.5 Å². The van der Waals surface area contributed by atoms with Gasteiger partial charge in [0.25, 0.3) is 10.0 Å². The van der Waals surface area contributed by atoms with Crippen molar-refractivity contribution in [3.63, 3.8) is 0 Å². The second kappa shape index (κ2) is 5.40. The third-order valence-corrected chi connectivity index (χ3v) is 5.31. The molecule has 0 bridgehead atoms. The highest BCUT2D eigenvalue weighted by atomic mass is 32.2. The maximum atomic E-state index is 12.1. The predicted molar refractivity (Wildman–Crippen MR) is 77.2 cm³/mol. The molecule has 0 radical (unpaired) electrons. The summed E-state index contributed by atoms with van der Waals surface area (Å²) in [5, 5.41) is 8.72. The van der Waals surface area contributed by atoms with Crippen LogP contribution in [0.2, 0.25) is 0 Å². The van der Waals surface area contributed by atoms with E-state index in [1.807, 2.05) is 6.07 Å².